The Morgan fingerprint density at radius 3 is 1.91 bits per heavy atom. The summed E-state index contributed by atoms with van der Waals surface area (Å²) in [6, 6.07) is 16.1. The SMILES string of the molecule is CC(C)c1cccc(C(C)C)c1NC(=O)Cc1ccccc1. The molecule has 1 N–H and O–H groups in total. The molecule has 0 saturated carbocycles. The minimum Gasteiger partial charge on any atom is -0.325 e. The fourth-order valence-corrected chi connectivity index (χ4v) is 2.66. The van der Waals surface area contributed by atoms with Crippen molar-refractivity contribution in [2.75, 3.05) is 5.32 Å². The van der Waals surface area contributed by atoms with Gasteiger partial charge in [-0.05, 0) is 28.5 Å². The van der Waals surface area contributed by atoms with Gasteiger partial charge in [-0.3, -0.25) is 4.79 Å². The maximum Gasteiger partial charge on any atom is 0.228 e. The van der Waals surface area contributed by atoms with Gasteiger partial charge in [0.05, 0.1) is 6.42 Å². The van der Waals surface area contributed by atoms with E-state index in [0.717, 1.165) is 11.3 Å². The lowest BCUT2D eigenvalue weighted by Gasteiger charge is -2.20. The summed E-state index contributed by atoms with van der Waals surface area (Å²) in [5.41, 5.74) is 4.43. The van der Waals surface area contributed by atoms with Gasteiger partial charge in [-0.2, -0.15) is 0 Å². The molecule has 116 valence electrons. The third-order valence-corrected chi connectivity index (χ3v) is 3.84. The van der Waals surface area contributed by atoms with Crippen LogP contribution in [0.25, 0.3) is 0 Å². The molecular formula is C20H25NO. The summed E-state index contributed by atoms with van der Waals surface area (Å²) in [5, 5.41) is 3.15. The number of hydrogen-bond acceptors (Lipinski definition) is 1. The highest BCUT2D eigenvalue weighted by molar-refractivity contribution is 5.94. The molecule has 0 bridgehead atoms. The van der Waals surface area contributed by atoms with Crippen LogP contribution < -0.4 is 5.32 Å². The van der Waals surface area contributed by atoms with Crippen LogP contribution in [0, 0.1) is 0 Å². The van der Waals surface area contributed by atoms with Crippen molar-refractivity contribution in [2.45, 2.75) is 46.0 Å². The number of para-hydroxylation sites is 1. The van der Waals surface area contributed by atoms with Crippen molar-refractivity contribution in [3.63, 3.8) is 0 Å². The van der Waals surface area contributed by atoms with Gasteiger partial charge in [0.15, 0.2) is 0 Å². The van der Waals surface area contributed by atoms with Crippen molar-refractivity contribution >= 4 is 11.6 Å². The molecule has 22 heavy (non-hydrogen) atoms. The number of benzene rings is 2. The summed E-state index contributed by atoms with van der Waals surface area (Å²) in [6.07, 6.45) is 0.408. The van der Waals surface area contributed by atoms with Gasteiger partial charge in [0.25, 0.3) is 0 Å². The topological polar surface area (TPSA) is 29.1 Å². The largest absolute Gasteiger partial charge is 0.325 e. The minimum atomic E-state index is 0.0428. The first kappa shape index (κ1) is 16.3. The first-order valence-corrected chi connectivity index (χ1v) is 7.95. The van der Waals surface area contributed by atoms with E-state index >= 15 is 0 Å². The van der Waals surface area contributed by atoms with Gasteiger partial charge in [-0.1, -0.05) is 76.2 Å². The van der Waals surface area contributed by atoms with E-state index in [-0.39, 0.29) is 5.91 Å². The molecule has 0 unspecified atom stereocenters. The third kappa shape index (κ3) is 3.97. The fourth-order valence-electron chi connectivity index (χ4n) is 2.66. The monoisotopic (exact) mass is 295 g/mol. The predicted molar refractivity (Wildman–Crippen MR) is 93.4 cm³/mol. The van der Waals surface area contributed by atoms with Crippen LogP contribution in [0.4, 0.5) is 5.69 Å². The van der Waals surface area contributed by atoms with Crippen LogP contribution in [-0.4, -0.2) is 5.91 Å². The second-order valence-electron chi connectivity index (χ2n) is 6.33. The molecule has 0 fully saturated rings. The highest BCUT2D eigenvalue weighted by Gasteiger charge is 2.15. The quantitative estimate of drug-likeness (QED) is 0.815. The highest BCUT2D eigenvalue weighted by atomic mass is 16.1. The molecule has 0 spiro atoms. The summed E-state index contributed by atoms with van der Waals surface area (Å²) in [7, 11) is 0. The standard InChI is InChI=1S/C20H25NO/c1-14(2)17-11-8-12-18(15(3)4)20(17)21-19(22)13-16-9-6-5-7-10-16/h5-12,14-15H,13H2,1-4H3,(H,21,22). The number of amides is 1. The Balaban J connectivity index is 2.25. The van der Waals surface area contributed by atoms with E-state index in [4.69, 9.17) is 0 Å². The number of nitrogens with one attached hydrogen (secondary N) is 1. The molecule has 0 saturated heterocycles. The summed E-state index contributed by atoms with van der Waals surface area (Å²) in [5.74, 6) is 0.803. The molecule has 0 aliphatic heterocycles. The Kier molecular flexibility index (Phi) is 5.37. The minimum absolute atomic E-state index is 0.0428. The van der Waals surface area contributed by atoms with E-state index in [1.54, 1.807) is 0 Å². The van der Waals surface area contributed by atoms with Crippen molar-refractivity contribution in [1.82, 2.24) is 0 Å². The number of carbonyl (C=O) groups is 1. The van der Waals surface area contributed by atoms with Crippen LogP contribution in [0.5, 0.6) is 0 Å². The molecule has 0 atom stereocenters. The zero-order valence-electron chi connectivity index (χ0n) is 13.9. The zero-order chi connectivity index (χ0) is 16.1. The van der Waals surface area contributed by atoms with Crippen molar-refractivity contribution in [3.05, 3.63) is 65.2 Å². The maximum atomic E-state index is 12.4. The first-order chi connectivity index (χ1) is 10.5. The van der Waals surface area contributed by atoms with Crippen LogP contribution in [0.1, 0.15) is 56.2 Å². The highest BCUT2D eigenvalue weighted by Crippen LogP contribution is 2.32. The average molecular weight is 295 g/mol. The van der Waals surface area contributed by atoms with E-state index in [9.17, 15) is 4.79 Å². The van der Waals surface area contributed by atoms with Crippen LogP contribution in [-0.2, 0) is 11.2 Å². The summed E-state index contributed by atoms with van der Waals surface area (Å²) in [6.45, 7) is 8.64. The average Bonchev–Trinajstić information content (AvgIpc) is 2.47. The van der Waals surface area contributed by atoms with E-state index in [2.05, 4.69) is 51.2 Å². The summed E-state index contributed by atoms with van der Waals surface area (Å²) >= 11 is 0. The molecule has 1 amide bonds. The molecule has 0 aliphatic rings. The van der Waals surface area contributed by atoms with Gasteiger partial charge in [-0.15, -0.1) is 0 Å². The normalized spacial score (nSPS) is 11.0. The van der Waals surface area contributed by atoms with Gasteiger partial charge < -0.3 is 5.32 Å². The molecular weight excluding hydrogens is 270 g/mol. The molecule has 0 aliphatic carbocycles. The number of anilines is 1. The molecule has 2 aromatic carbocycles. The van der Waals surface area contributed by atoms with Gasteiger partial charge >= 0.3 is 0 Å². The maximum absolute atomic E-state index is 12.4. The first-order valence-electron chi connectivity index (χ1n) is 7.95. The zero-order valence-corrected chi connectivity index (χ0v) is 13.9. The Morgan fingerprint density at radius 2 is 1.41 bits per heavy atom. The Morgan fingerprint density at radius 1 is 0.864 bits per heavy atom. The van der Waals surface area contributed by atoms with Crippen molar-refractivity contribution in [3.8, 4) is 0 Å². The molecule has 0 radical (unpaired) electrons. The van der Waals surface area contributed by atoms with Crippen molar-refractivity contribution in [2.24, 2.45) is 0 Å². The molecule has 0 aromatic heterocycles. The lowest BCUT2D eigenvalue weighted by molar-refractivity contribution is -0.115. The van der Waals surface area contributed by atoms with E-state index in [1.807, 2.05) is 30.3 Å². The van der Waals surface area contributed by atoms with Crippen LogP contribution in [0.2, 0.25) is 0 Å². The second kappa shape index (κ2) is 7.26. The molecule has 0 heterocycles. The molecule has 2 rings (SSSR count). The van der Waals surface area contributed by atoms with Gasteiger partial charge in [-0.25, -0.2) is 0 Å². The number of carbonyl (C=O) groups excluding carboxylic acids is 1. The van der Waals surface area contributed by atoms with Crippen LogP contribution >= 0.6 is 0 Å². The molecule has 2 nitrogen and oxygen atoms in total. The van der Waals surface area contributed by atoms with Gasteiger partial charge in [0.1, 0.15) is 0 Å². The fraction of sp³-hybridized carbons (Fsp3) is 0.350. The van der Waals surface area contributed by atoms with E-state index < -0.39 is 0 Å². The van der Waals surface area contributed by atoms with E-state index in [1.165, 1.54) is 11.1 Å². The second-order valence-corrected chi connectivity index (χ2v) is 6.33. The van der Waals surface area contributed by atoms with Crippen LogP contribution in [0.3, 0.4) is 0 Å². The summed E-state index contributed by atoms with van der Waals surface area (Å²) < 4.78 is 0. The smallest absolute Gasteiger partial charge is 0.228 e. The molecule has 2 heteroatoms. The van der Waals surface area contributed by atoms with E-state index in [0.29, 0.717) is 18.3 Å². The number of hydrogen-bond donors (Lipinski definition) is 1. The van der Waals surface area contributed by atoms with Gasteiger partial charge in [0.2, 0.25) is 5.91 Å². The Hall–Kier alpha value is -2.09. The predicted octanol–water partition coefficient (Wildman–Crippen LogP) is 5.11. The van der Waals surface area contributed by atoms with Crippen molar-refractivity contribution in [1.29, 1.82) is 0 Å². The number of rotatable bonds is 5. The van der Waals surface area contributed by atoms with Gasteiger partial charge in [0, 0.05) is 5.69 Å². The summed E-state index contributed by atoms with van der Waals surface area (Å²) in [4.78, 5) is 12.4. The Bertz CT molecular complexity index is 603. The van der Waals surface area contributed by atoms with Crippen LogP contribution in [0.15, 0.2) is 48.5 Å². The third-order valence-electron chi connectivity index (χ3n) is 3.84. The lowest BCUT2D eigenvalue weighted by atomic mass is 9.92. The Labute approximate surface area is 133 Å². The lowest BCUT2D eigenvalue weighted by Crippen LogP contribution is -2.17. The van der Waals surface area contributed by atoms with Crippen molar-refractivity contribution < 1.29 is 4.79 Å². The molecule has 2 aromatic rings.